The van der Waals surface area contributed by atoms with E-state index in [2.05, 4.69) is 15.3 Å². The van der Waals surface area contributed by atoms with Gasteiger partial charge in [-0.05, 0) is 54.4 Å². The molecule has 3 aromatic rings. The molecule has 0 fully saturated rings. The van der Waals surface area contributed by atoms with Crippen LogP contribution in [0.2, 0.25) is 0 Å². The molecule has 0 aliphatic heterocycles. The summed E-state index contributed by atoms with van der Waals surface area (Å²) in [5, 5.41) is 2.56. The molecule has 1 amide bonds. The molecule has 0 unspecified atom stereocenters. The summed E-state index contributed by atoms with van der Waals surface area (Å²) in [5.41, 5.74) is 2.12. The maximum Gasteiger partial charge on any atom is 0.256 e. The molecule has 0 bridgehead atoms. The average molecular weight is 368 g/mol. The molecule has 0 saturated carbocycles. The molecule has 1 aromatic carbocycles. The lowest BCUT2D eigenvalue weighted by molar-refractivity contribution is 0.102. The van der Waals surface area contributed by atoms with Crippen LogP contribution in [0.4, 0.5) is 20.3 Å². The summed E-state index contributed by atoms with van der Waals surface area (Å²) in [7, 11) is 1.96. The van der Waals surface area contributed by atoms with E-state index >= 15 is 0 Å². The number of hydrogen-bond donors (Lipinski definition) is 1. The summed E-state index contributed by atoms with van der Waals surface area (Å²) >= 11 is 0. The van der Waals surface area contributed by atoms with Crippen molar-refractivity contribution in [2.24, 2.45) is 0 Å². The van der Waals surface area contributed by atoms with Gasteiger partial charge in [0.1, 0.15) is 5.82 Å². The van der Waals surface area contributed by atoms with E-state index < -0.39 is 17.5 Å². The summed E-state index contributed by atoms with van der Waals surface area (Å²) in [6, 6.07) is 10.4. The quantitative estimate of drug-likeness (QED) is 0.721. The highest BCUT2D eigenvalue weighted by atomic mass is 19.2. The number of aromatic nitrogens is 2. The van der Waals surface area contributed by atoms with Gasteiger partial charge in [-0.1, -0.05) is 0 Å². The number of nitrogens with one attached hydrogen (secondary N) is 1. The van der Waals surface area contributed by atoms with Crippen LogP contribution in [0, 0.1) is 11.6 Å². The van der Waals surface area contributed by atoms with Gasteiger partial charge < -0.3 is 10.2 Å². The first-order valence-electron chi connectivity index (χ1n) is 8.35. The lowest BCUT2D eigenvalue weighted by Gasteiger charge is -2.19. The van der Waals surface area contributed by atoms with Crippen molar-refractivity contribution in [2.45, 2.75) is 6.42 Å². The molecular formula is C20H18F2N4O. The molecule has 0 aliphatic rings. The zero-order chi connectivity index (χ0) is 19.2. The second kappa shape index (κ2) is 8.35. The molecule has 0 saturated heterocycles. The number of pyridine rings is 2. The van der Waals surface area contributed by atoms with Crippen LogP contribution >= 0.6 is 0 Å². The molecule has 138 valence electrons. The number of carbonyl (C=O) groups is 1. The molecule has 5 nitrogen and oxygen atoms in total. The standard InChI is InChI=1S/C20H18F2N4O/c1-26(11-8-14-6-9-23-10-7-14)16-3-5-19(24-13-16)25-20(27)15-2-4-17(21)18(22)12-15/h2-7,9-10,12-13H,8,11H2,1H3,(H,24,25,27). The Balaban J connectivity index is 1.59. The predicted molar refractivity (Wildman–Crippen MR) is 99.8 cm³/mol. The van der Waals surface area contributed by atoms with Gasteiger partial charge in [0.15, 0.2) is 11.6 Å². The van der Waals surface area contributed by atoms with Gasteiger partial charge in [0, 0.05) is 31.5 Å². The molecule has 7 heteroatoms. The molecule has 1 N–H and O–H groups in total. The first-order chi connectivity index (χ1) is 13.0. The molecule has 2 heterocycles. The minimum absolute atomic E-state index is 0.0224. The van der Waals surface area contributed by atoms with Crippen molar-refractivity contribution in [1.29, 1.82) is 0 Å². The van der Waals surface area contributed by atoms with Gasteiger partial charge >= 0.3 is 0 Å². The minimum Gasteiger partial charge on any atom is -0.373 e. The number of hydrogen-bond acceptors (Lipinski definition) is 4. The topological polar surface area (TPSA) is 58.1 Å². The number of likely N-dealkylation sites (N-methyl/N-ethyl adjacent to an activating group) is 1. The zero-order valence-corrected chi connectivity index (χ0v) is 14.7. The Hall–Kier alpha value is -3.35. The second-order valence-corrected chi connectivity index (χ2v) is 6.01. The van der Waals surface area contributed by atoms with Crippen LogP contribution in [0.25, 0.3) is 0 Å². The number of anilines is 2. The van der Waals surface area contributed by atoms with E-state index in [-0.39, 0.29) is 5.56 Å². The molecule has 0 spiro atoms. The van der Waals surface area contributed by atoms with Crippen molar-refractivity contribution in [3.63, 3.8) is 0 Å². The number of rotatable bonds is 6. The van der Waals surface area contributed by atoms with Gasteiger partial charge in [-0.25, -0.2) is 13.8 Å². The maximum absolute atomic E-state index is 13.2. The smallest absolute Gasteiger partial charge is 0.256 e. The van der Waals surface area contributed by atoms with Gasteiger partial charge in [-0.2, -0.15) is 0 Å². The maximum atomic E-state index is 13.2. The largest absolute Gasteiger partial charge is 0.373 e. The van der Waals surface area contributed by atoms with Crippen molar-refractivity contribution >= 4 is 17.4 Å². The summed E-state index contributed by atoms with van der Waals surface area (Å²) in [4.78, 5) is 22.4. The van der Waals surface area contributed by atoms with E-state index in [0.29, 0.717) is 5.82 Å². The number of benzene rings is 1. The number of halogens is 2. The molecule has 27 heavy (non-hydrogen) atoms. The lowest BCUT2D eigenvalue weighted by atomic mass is 10.2. The Morgan fingerprint density at radius 3 is 2.52 bits per heavy atom. The number of nitrogens with zero attached hydrogens (tertiary/aromatic N) is 3. The van der Waals surface area contributed by atoms with E-state index in [0.717, 1.165) is 30.8 Å². The van der Waals surface area contributed by atoms with Crippen LogP contribution in [0.5, 0.6) is 0 Å². The van der Waals surface area contributed by atoms with E-state index in [1.807, 2.05) is 30.1 Å². The third-order valence-corrected chi connectivity index (χ3v) is 4.10. The van der Waals surface area contributed by atoms with E-state index in [4.69, 9.17) is 0 Å². The SMILES string of the molecule is CN(CCc1ccncc1)c1ccc(NC(=O)c2ccc(F)c(F)c2)nc1. The monoisotopic (exact) mass is 368 g/mol. The van der Waals surface area contributed by atoms with Crippen molar-refractivity contribution in [2.75, 3.05) is 23.8 Å². The second-order valence-electron chi connectivity index (χ2n) is 6.01. The van der Waals surface area contributed by atoms with Crippen LogP contribution in [0.1, 0.15) is 15.9 Å². The normalized spacial score (nSPS) is 10.5. The van der Waals surface area contributed by atoms with Gasteiger partial charge in [0.2, 0.25) is 0 Å². The Morgan fingerprint density at radius 2 is 1.85 bits per heavy atom. The van der Waals surface area contributed by atoms with Crippen LogP contribution in [-0.2, 0) is 6.42 Å². The Bertz CT molecular complexity index is 917. The fourth-order valence-corrected chi connectivity index (χ4v) is 2.49. The van der Waals surface area contributed by atoms with E-state index in [9.17, 15) is 13.6 Å². The molecular weight excluding hydrogens is 350 g/mol. The van der Waals surface area contributed by atoms with Crippen LogP contribution in [-0.4, -0.2) is 29.5 Å². The average Bonchev–Trinajstić information content (AvgIpc) is 2.69. The van der Waals surface area contributed by atoms with Crippen LogP contribution < -0.4 is 10.2 Å². The molecule has 0 radical (unpaired) electrons. The molecule has 0 atom stereocenters. The Morgan fingerprint density at radius 1 is 1.07 bits per heavy atom. The highest BCUT2D eigenvalue weighted by molar-refractivity contribution is 6.03. The molecule has 2 aromatic heterocycles. The van der Waals surface area contributed by atoms with Gasteiger partial charge in [0.05, 0.1) is 11.9 Å². The predicted octanol–water partition coefficient (Wildman–Crippen LogP) is 3.69. The van der Waals surface area contributed by atoms with E-state index in [1.165, 1.54) is 11.6 Å². The highest BCUT2D eigenvalue weighted by Crippen LogP contribution is 2.16. The third kappa shape index (κ3) is 4.84. The Kier molecular flexibility index (Phi) is 5.71. The summed E-state index contributed by atoms with van der Waals surface area (Å²) in [6.45, 7) is 0.798. The lowest BCUT2D eigenvalue weighted by Crippen LogP contribution is -2.20. The number of carbonyl (C=O) groups excluding carboxylic acids is 1. The summed E-state index contributed by atoms with van der Waals surface area (Å²) < 4.78 is 26.2. The van der Waals surface area contributed by atoms with Gasteiger partial charge in [-0.15, -0.1) is 0 Å². The minimum atomic E-state index is -1.07. The van der Waals surface area contributed by atoms with Crippen molar-refractivity contribution in [3.05, 3.63) is 83.8 Å². The van der Waals surface area contributed by atoms with Crippen LogP contribution in [0.3, 0.4) is 0 Å². The van der Waals surface area contributed by atoms with Crippen molar-refractivity contribution < 1.29 is 13.6 Å². The van der Waals surface area contributed by atoms with Crippen molar-refractivity contribution in [3.8, 4) is 0 Å². The fraction of sp³-hybridized carbons (Fsp3) is 0.150. The number of amides is 1. The molecule has 3 rings (SSSR count). The first-order valence-corrected chi connectivity index (χ1v) is 8.35. The third-order valence-electron chi connectivity index (χ3n) is 4.10. The summed E-state index contributed by atoms with van der Waals surface area (Å²) in [6.07, 6.45) is 6.05. The fourth-order valence-electron chi connectivity index (χ4n) is 2.49. The zero-order valence-electron chi connectivity index (χ0n) is 14.7. The van der Waals surface area contributed by atoms with E-state index in [1.54, 1.807) is 24.7 Å². The van der Waals surface area contributed by atoms with Gasteiger partial charge in [-0.3, -0.25) is 9.78 Å². The Labute approximate surface area is 155 Å². The summed E-state index contributed by atoms with van der Waals surface area (Å²) in [5.74, 6) is -2.29. The first kappa shape index (κ1) is 18.4. The van der Waals surface area contributed by atoms with Crippen molar-refractivity contribution in [1.82, 2.24) is 9.97 Å². The highest BCUT2D eigenvalue weighted by Gasteiger charge is 2.11. The van der Waals surface area contributed by atoms with Crippen LogP contribution in [0.15, 0.2) is 61.1 Å². The van der Waals surface area contributed by atoms with Gasteiger partial charge in [0.25, 0.3) is 5.91 Å². The molecule has 0 aliphatic carbocycles.